The van der Waals surface area contributed by atoms with E-state index in [0.29, 0.717) is 0 Å². The smallest absolute Gasteiger partial charge is 0.0167 e. The van der Waals surface area contributed by atoms with Gasteiger partial charge in [0, 0.05) is 15.5 Å². The van der Waals surface area contributed by atoms with Gasteiger partial charge < -0.3 is 0 Å². The molecule has 0 N–H and O–H groups in total. The van der Waals surface area contributed by atoms with Gasteiger partial charge in [0.1, 0.15) is 0 Å². The van der Waals surface area contributed by atoms with Crippen molar-refractivity contribution in [1.29, 1.82) is 0 Å². The summed E-state index contributed by atoms with van der Waals surface area (Å²) >= 11 is 6.14. The van der Waals surface area contributed by atoms with Crippen molar-refractivity contribution >= 4 is 24.0 Å². The molecule has 0 bridgehead atoms. The van der Waals surface area contributed by atoms with Gasteiger partial charge in [-0.1, -0.05) is 0 Å². The molecule has 1 rings (SSSR count). The van der Waals surface area contributed by atoms with Gasteiger partial charge in [0.05, 0.1) is 0 Å². The molecule has 0 aliphatic carbocycles. The molecule has 0 nitrogen and oxygen atoms in total. The molecule has 0 atom stereocenters. The summed E-state index contributed by atoms with van der Waals surface area (Å²) in [5, 5.41) is 0. The SMILES string of the molecule is Cc1sc(C)c(CS)c1C. The molecule has 10 heavy (non-hydrogen) atoms. The van der Waals surface area contributed by atoms with Gasteiger partial charge >= 0.3 is 0 Å². The molecule has 0 amide bonds. The molecule has 0 saturated heterocycles. The number of thiophene rings is 1. The molecular weight excluding hydrogens is 160 g/mol. The number of hydrogen-bond acceptors (Lipinski definition) is 2. The van der Waals surface area contributed by atoms with Crippen LogP contribution in [0.3, 0.4) is 0 Å². The lowest BCUT2D eigenvalue weighted by Gasteiger charge is -1.94. The van der Waals surface area contributed by atoms with Crippen LogP contribution in [0.5, 0.6) is 0 Å². The van der Waals surface area contributed by atoms with Crippen molar-refractivity contribution < 1.29 is 0 Å². The van der Waals surface area contributed by atoms with E-state index >= 15 is 0 Å². The summed E-state index contributed by atoms with van der Waals surface area (Å²) in [7, 11) is 0. The predicted octanol–water partition coefficient (Wildman–Crippen LogP) is 3.10. The average molecular weight is 172 g/mol. The molecule has 1 aromatic rings. The molecule has 1 heterocycles. The zero-order chi connectivity index (χ0) is 7.72. The van der Waals surface area contributed by atoms with E-state index in [2.05, 4.69) is 33.4 Å². The highest BCUT2D eigenvalue weighted by molar-refractivity contribution is 7.79. The maximum Gasteiger partial charge on any atom is 0.0167 e. The van der Waals surface area contributed by atoms with Gasteiger partial charge in [0.25, 0.3) is 0 Å². The van der Waals surface area contributed by atoms with E-state index in [9.17, 15) is 0 Å². The molecule has 0 spiro atoms. The van der Waals surface area contributed by atoms with Crippen LogP contribution >= 0.6 is 24.0 Å². The maximum absolute atomic E-state index is 4.27. The van der Waals surface area contributed by atoms with Crippen molar-refractivity contribution in [3.8, 4) is 0 Å². The van der Waals surface area contributed by atoms with Crippen molar-refractivity contribution in [2.24, 2.45) is 0 Å². The monoisotopic (exact) mass is 172 g/mol. The second-order valence-electron chi connectivity index (χ2n) is 2.48. The first-order valence-corrected chi connectivity index (χ1v) is 4.78. The van der Waals surface area contributed by atoms with Gasteiger partial charge in [-0.3, -0.25) is 0 Å². The van der Waals surface area contributed by atoms with Crippen LogP contribution in [0, 0.1) is 20.8 Å². The number of hydrogen-bond donors (Lipinski definition) is 1. The highest BCUT2D eigenvalue weighted by Crippen LogP contribution is 2.27. The van der Waals surface area contributed by atoms with E-state index in [1.165, 1.54) is 20.9 Å². The Balaban J connectivity index is 3.20. The third-order valence-corrected chi connectivity index (χ3v) is 3.35. The van der Waals surface area contributed by atoms with Gasteiger partial charge in [0.2, 0.25) is 0 Å². The first-order valence-electron chi connectivity index (χ1n) is 3.33. The standard InChI is InChI=1S/C8H12S2/c1-5-6(2)10-7(3)8(5)4-9/h9H,4H2,1-3H3. The van der Waals surface area contributed by atoms with E-state index < -0.39 is 0 Å². The maximum atomic E-state index is 4.27. The van der Waals surface area contributed by atoms with Crippen LogP contribution in [0.15, 0.2) is 0 Å². The van der Waals surface area contributed by atoms with Crippen molar-refractivity contribution in [1.82, 2.24) is 0 Å². The van der Waals surface area contributed by atoms with Crippen LogP contribution in [-0.2, 0) is 5.75 Å². The summed E-state index contributed by atoms with van der Waals surface area (Å²) in [4.78, 5) is 2.85. The molecule has 0 aromatic carbocycles. The van der Waals surface area contributed by atoms with Crippen molar-refractivity contribution in [2.45, 2.75) is 26.5 Å². The summed E-state index contributed by atoms with van der Waals surface area (Å²) in [6.07, 6.45) is 0. The van der Waals surface area contributed by atoms with Gasteiger partial charge in [-0.15, -0.1) is 11.3 Å². The van der Waals surface area contributed by atoms with Crippen LogP contribution in [0.1, 0.15) is 20.9 Å². The summed E-state index contributed by atoms with van der Waals surface area (Å²) in [5.41, 5.74) is 2.85. The minimum Gasteiger partial charge on any atom is -0.175 e. The van der Waals surface area contributed by atoms with E-state index in [0.717, 1.165) is 5.75 Å². The Morgan fingerprint density at radius 2 is 1.80 bits per heavy atom. The molecule has 0 saturated carbocycles. The zero-order valence-electron chi connectivity index (χ0n) is 6.56. The largest absolute Gasteiger partial charge is 0.175 e. The summed E-state index contributed by atoms with van der Waals surface area (Å²) < 4.78 is 0. The molecule has 2 heteroatoms. The summed E-state index contributed by atoms with van der Waals surface area (Å²) in [5.74, 6) is 0.877. The highest BCUT2D eigenvalue weighted by atomic mass is 32.1. The topological polar surface area (TPSA) is 0 Å². The van der Waals surface area contributed by atoms with Gasteiger partial charge in [0.15, 0.2) is 0 Å². The third-order valence-electron chi connectivity index (χ3n) is 1.87. The lowest BCUT2D eigenvalue weighted by Crippen LogP contribution is -1.80. The van der Waals surface area contributed by atoms with Gasteiger partial charge in [-0.05, 0) is 31.9 Å². The Hall–Kier alpha value is 0.0500. The number of thiol groups is 1. The van der Waals surface area contributed by atoms with Crippen LogP contribution < -0.4 is 0 Å². The van der Waals surface area contributed by atoms with E-state index in [1.54, 1.807) is 0 Å². The summed E-state index contributed by atoms with van der Waals surface area (Å²) in [6, 6.07) is 0. The van der Waals surface area contributed by atoms with Crippen molar-refractivity contribution in [2.75, 3.05) is 0 Å². The minimum atomic E-state index is 0.877. The van der Waals surface area contributed by atoms with Crippen molar-refractivity contribution in [3.63, 3.8) is 0 Å². The fourth-order valence-corrected chi connectivity index (χ4v) is 2.74. The number of rotatable bonds is 1. The van der Waals surface area contributed by atoms with E-state index in [1.807, 2.05) is 11.3 Å². The Morgan fingerprint density at radius 1 is 1.20 bits per heavy atom. The second-order valence-corrected chi connectivity index (χ2v) is 4.22. The minimum absolute atomic E-state index is 0.877. The Kier molecular flexibility index (Phi) is 2.42. The Bertz CT molecular complexity index is 236. The first kappa shape index (κ1) is 8.15. The van der Waals surface area contributed by atoms with Crippen LogP contribution in [-0.4, -0.2) is 0 Å². The normalized spacial score (nSPS) is 10.4. The highest BCUT2D eigenvalue weighted by Gasteiger charge is 2.05. The van der Waals surface area contributed by atoms with E-state index in [-0.39, 0.29) is 0 Å². The van der Waals surface area contributed by atoms with Crippen LogP contribution in [0.2, 0.25) is 0 Å². The molecule has 56 valence electrons. The van der Waals surface area contributed by atoms with E-state index in [4.69, 9.17) is 0 Å². The first-order chi connectivity index (χ1) is 4.66. The van der Waals surface area contributed by atoms with Crippen LogP contribution in [0.4, 0.5) is 0 Å². The number of aryl methyl sites for hydroxylation is 2. The fraction of sp³-hybridized carbons (Fsp3) is 0.500. The van der Waals surface area contributed by atoms with Crippen LogP contribution in [0.25, 0.3) is 0 Å². The molecule has 0 aliphatic rings. The lowest BCUT2D eigenvalue weighted by molar-refractivity contribution is 1.29. The fourth-order valence-electron chi connectivity index (χ4n) is 1.07. The Labute approximate surface area is 71.7 Å². The quantitative estimate of drug-likeness (QED) is 0.618. The zero-order valence-corrected chi connectivity index (χ0v) is 8.27. The summed E-state index contributed by atoms with van der Waals surface area (Å²) in [6.45, 7) is 6.50. The molecule has 0 aliphatic heterocycles. The lowest BCUT2D eigenvalue weighted by atomic mass is 10.1. The van der Waals surface area contributed by atoms with Crippen molar-refractivity contribution in [3.05, 3.63) is 20.9 Å². The molecule has 0 radical (unpaired) electrons. The third kappa shape index (κ3) is 1.23. The molecular formula is C8H12S2. The molecule has 0 fully saturated rings. The Morgan fingerprint density at radius 3 is 2.00 bits per heavy atom. The predicted molar refractivity (Wildman–Crippen MR) is 51.2 cm³/mol. The molecule has 1 aromatic heterocycles. The van der Waals surface area contributed by atoms with Gasteiger partial charge in [-0.2, -0.15) is 12.6 Å². The molecule has 0 unspecified atom stereocenters. The second kappa shape index (κ2) is 2.97. The average Bonchev–Trinajstić information content (AvgIpc) is 2.09. The van der Waals surface area contributed by atoms with Gasteiger partial charge in [-0.25, -0.2) is 0 Å².